The lowest BCUT2D eigenvalue weighted by molar-refractivity contribution is 0.0668. The number of hydrogen-bond donors (Lipinski definition) is 0. The van der Waals surface area contributed by atoms with Crippen molar-refractivity contribution in [2.75, 3.05) is 6.54 Å². The highest BCUT2D eigenvalue weighted by Crippen LogP contribution is 2.32. The van der Waals surface area contributed by atoms with Gasteiger partial charge in [0.25, 0.3) is 5.91 Å². The van der Waals surface area contributed by atoms with Crippen molar-refractivity contribution in [2.45, 2.75) is 32.2 Å². The zero-order chi connectivity index (χ0) is 21.9. The van der Waals surface area contributed by atoms with Crippen LogP contribution in [0.4, 0.5) is 0 Å². The molecule has 1 aliphatic rings. The van der Waals surface area contributed by atoms with Gasteiger partial charge in [-0.3, -0.25) is 4.79 Å². The predicted molar refractivity (Wildman–Crippen MR) is 130 cm³/mol. The number of carbonyl (C=O) groups excluding carboxylic acids is 1. The van der Waals surface area contributed by atoms with Gasteiger partial charge in [-0.25, -0.2) is 9.97 Å². The first-order chi connectivity index (χ1) is 15.7. The van der Waals surface area contributed by atoms with Gasteiger partial charge in [0.2, 0.25) is 0 Å². The van der Waals surface area contributed by atoms with Crippen LogP contribution in [0.3, 0.4) is 0 Å². The lowest BCUT2D eigenvalue weighted by atomic mass is 10.0. The number of nitrogens with zero attached hydrogens (tertiary/aromatic N) is 3. The first kappa shape index (κ1) is 20.4. The third-order valence-corrected chi connectivity index (χ3v) is 6.75. The Morgan fingerprint density at radius 1 is 1.06 bits per heavy atom. The zero-order valence-corrected chi connectivity index (χ0v) is 18.7. The summed E-state index contributed by atoms with van der Waals surface area (Å²) < 4.78 is 0. The molecule has 1 atom stereocenters. The van der Waals surface area contributed by atoms with Crippen LogP contribution in [0.5, 0.6) is 0 Å². The molecule has 1 fully saturated rings. The number of thiazole rings is 1. The van der Waals surface area contributed by atoms with E-state index >= 15 is 0 Å². The standard InChI is InChI=1S/C27H23N3OS/c1-19-29-25(26(32-19)20-9-3-2-4-10-20)27(31)30-16-8-7-13-24(30)15-14-23-17-21-11-5-6-12-22(21)18-28-23/h2-6,9-12,17-18,24H,7-8,13,16H2,1H3. The fourth-order valence-corrected chi connectivity index (χ4v) is 5.04. The minimum atomic E-state index is -0.129. The van der Waals surface area contributed by atoms with E-state index in [1.54, 1.807) is 11.3 Å². The lowest BCUT2D eigenvalue weighted by Crippen LogP contribution is -2.43. The van der Waals surface area contributed by atoms with Gasteiger partial charge in [-0.2, -0.15) is 0 Å². The second-order valence-electron chi connectivity index (χ2n) is 7.97. The number of aromatic nitrogens is 2. The van der Waals surface area contributed by atoms with E-state index < -0.39 is 0 Å². The summed E-state index contributed by atoms with van der Waals surface area (Å²) in [5.41, 5.74) is 2.30. The molecule has 4 nitrogen and oxygen atoms in total. The highest BCUT2D eigenvalue weighted by atomic mass is 32.1. The molecular formula is C27H23N3OS. The number of piperidine rings is 1. The van der Waals surface area contributed by atoms with Crippen molar-refractivity contribution in [3.05, 3.63) is 83.3 Å². The van der Waals surface area contributed by atoms with Gasteiger partial charge in [0.15, 0.2) is 0 Å². The molecule has 158 valence electrons. The molecule has 1 unspecified atom stereocenters. The summed E-state index contributed by atoms with van der Waals surface area (Å²) in [5.74, 6) is 6.53. The molecule has 0 spiro atoms. The summed E-state index contributed by atoms with van der Waals surface area (Å²) in [6, 6.07) is 20.0. The second kappa shape index (κ2) is 8.94. The van der Waals surface area contributed by atoms with E-state index in [1.807, 2.05) is 72.6 Å². The van der Waals surface area contributed by atoms with Crippen LogP contribution in [0.25, 0.3) is 21.2 Å². The number of hydrogen-bond acceptors (Lipinski definition) is 4. The van der Waals surface area contributed by atoms with E-state index in [-0.39, 0.29) is 11.9 Å². The molecule has 0 bridgehead atoms. The third-order valence-electron chi connectivity index (χ3n) is 5.73. The Kier molecular flexibility index (Phi) is 5.70. The molecule has 32 heavy (non-hydrogen) atoms. The molecule has 5 rings (SSSR count). The Hall–Kier alpha value is -3.49. The largest absolute Gasteiger partial charge is 0.323 e. The molecule has 1 amide bonds. The van der Waals surface area contributed by atoms with Crippen molar-refractivity contribution < 1.29 is 4.79 Å². The summed E-state index contributed by atoms with van der Waals surface area (Å²) in [6.45, 7) is 2.65. The lowest BCUT2D eigenvalue weighted by Gasteiger charge is -2.32. The Balaban J connectivity index is 1.44. The van der Waals surface area contributed by atoms with Gasteiger partial charge in [0, 0.05) is 18.1 Å². The van der Waals surface area contributed by atoms with Crippen molar-refractivity contribution >= 4 is 28.0 Å². The fourth-order valence-electron chi connectivity index (χ4n) is 4.13. The Labute approximate surface area is 192 Å². The number of amides is 1. The number of likely N-dealkylation sites (tertiary alicyclic amines) is 1. The highest BCUT2D eigenvalue weighted by Gasteiger charge is 2.30. The molecule has 1 saturated heterocycles. The van der Waals surface area contributed by atoms with Gasteiger partial charge in [-0.05, 0) is 49.1 Å². The second-order valence-corrected chi connectivity index (χ2v) is 9.18. The van der Waals surface area contributed by atoms with Crippen molar-refractivity contribution in [1.82, 2.24) is 14.9 Å². The van der Waals surface area contributed by atoms with Gasteiger partial charge in [0.1, 0.15) is 11.4 Å². The normalized spacial score (nSPS) is 15.9. The smallest absolute Gasteiger partial charge is 0.274 e. The van der Waals surface area contributed by atoms with E-state index in [0.717, 1.165) is 51.2 Å². The van der Waals surface area contributed by atoms with Crippen LogP contribution in [0.15, 0.2) is 66.9 Å². The maximum atomic E-state index is 13.6. The summed E-state index contributed by atoms with van der Waals surface area (Å²) >= 11 is 1.57. The van der Waals surface area contributed by atoms with E-state index in [1.165, 1.54) is 0 Å². The molecule has 0 aliphatic carbocycles. The van der Waals surface area contributed by atoms with Crippen LogP contribution < -0.4 is 0 Å². The molecule has 0 N–H and O–H groups in total. The van der Waals surface area contributed by atoms with Crippen LogP contribution in [-0.4, -0.2) is 33.4 Å². The maximum absolute atomic E-state index is 13.6. The Bertz CT molecular complexity index is 1330. The Morgan fingerprint density at radius 3 is 2.69 bits per heavy atom. The highest BCUT2D eigenvalue weighted by molar-refractivity contribution is 7.15. The summed E-state index contributed by atoms with van der Waals surface area (Å²) in [5, 5.41) is 3.11. The number of carbonyl (C=O) groups is 1. The Morgan fingerprint density at radius 2 is 1.84 bits per heavy atom. The summed E-state index contributed by atoms with van der Waals surface area (Å²) in [7, 11) is 0. The fraction of sp³-hybridized carbons (Fsp3) is 0.222. The monoisotopic (exact) mass is 437 g/mol. The van der Waals surface area contributed by atoms with Gasteiger partial charge < -0.3 is 4.90 Å². The van der Waals surface area contributed by atoms with Crippen molar-refractivity contribution in [1.29, 1.82) is 0 Å². The van der Waals surface area contributed by atoms with Crippen molar-refractivity contribution in [2.24, 2.45) is 0 Å². The van der Waals surface area contributed by atoms with Crippen LogP contribution in [0.1, 0.15) is 40.5 Å². The van der Waals surface area contributed by atoms with Crippen LogP contribution in [-0.2, 0) is 0 Å². The molecule has 4 aromatic rings. The number of rotatable bonds is 2. The average Bonchev–Trinajstić information content (AvgIpc) is 3.24. The molecule has 2 aromatic carbocycles. The first-order valence-corrected chi connectivity index (χ1v) is 11.7. The topological polar surface area (TPSA) is 46.1 Å². The van der Waals surface area contributed by atoms with E-state index in [4.69, 9.17) is 0 Å². The van der Waals surface area contributed by atoms with Crippen LogP contribution in [0, 0.1) is 18.8 Å². The minimum Gasteiger partial charge on any atom is -0.323 e. The molecular weight excluding hydrogens is 414 g/mol. The summed E-state index contributed by atoms with van der Waals surface area (Å²) in [6.07, 6.45) is 4.78. The number of pyridine rings is 1. The molecule has 5 heteroatoms. The average molecular weight is 438 g/mol. The van der Waals surface area contributed by atoms with Crippen LogP contribution in [0.2, 0.25) is 0 Å². The first-order valence-electron chi connectivity index (χ1n) is 10.9. The minimum absolute atomic E-state index is 0.0290. The number of fused-ring (bicyclic) bond motifs is 1. The molecule has 1 aliphatic heterocycles. The molecule has 0 radical (unpaired) electrons. The van der Waals surface area contributed by atoms with E-state index in [2.05, 4.69) is 27.9 Å². The van der Waals surface area contributed by atoms with Gasteiger partial charge in [-0.1, -0.05) is 60.5 Å². The van der Waals surface area contributed by atoms with E-state index in [9.17, 15) is 4.79 Å². The summed E-state index contributed by atoms with van der Waals surface area (Å²) in [4.78, 5) is 25.5. The number of aryl methyl sites for hydroxylation is 1. The number of benzene rings is 2. The SMILES string of the molecule is Cc1nc(C(=O)N2CCCCC2C#Cc2cc3ccccc3cn2)c(-c2ccccc2)s1. The van der Waals surface area contributed by atoms with Gasteiger partial charge >= 0.3 is 0 Å². The molecule has 2 aromatic heterocycles. The van der Waals surface area contributed by atoms with E-state index in [0.29, 0.717) is 12.2 Å². The molecule has 0 saturated carbocycles. The molecule has 3 heterocycles. The zero-order valence-electron chi connectivity index (χ0n) is 17.9. The van der Waals surface area contributed by atoms with Crippen LogP contribution >= 0.6 is 11.3 Å². The van der Waals surface area contributed by atoms with Gasteiger partial charge in [0.05, 0.1) is 15.9 Å². The van der Waals surface area contributed by atoms with Crippen molar-refractivity contribution in [3.63, 3.8) is 0 Å². The predicted octanol–water partition coefficient (Wildman–Crippen LogP) is 5.71. The van der Waals surface area contributed by atoms with Crippen molar-refractivity contribution in [3.8, 4) is 22.3 Å². The third kappa shape index (κ3) is 4.15. The quantitative estimate of drug-likeness (QED) is 0.377. The maximum Gasteiger partial charge on any atom is 0.274 e. The van der Waals surface area contributed by atoms with Gasteiger partial charge in [-0.15, -0.1) is 11.3 Å².